The highest BCUT2D eigenvalue weighted by Gasteiger charge is 2.10. The van der Waals surface area contributed by atoms with Crippen molar-refractivity contribution in [1.29, 1.82) is 0 Å². The lowest BCUT2D eigenvalue weighted by Gasteiger charge is -2.27. The minimum absolute atomic E-state index is 0.221. The molecule has 4 heteroatoms. The molecule has 1 saturated heterocycles. The van der Waals surface area contributed by atoms with Gasteiger partial charge in [-0.2, -0.15) is 0 Å². The maximum absolute atomic E-state index is 12.6. The third-order valence-electron chi connectivity index (χ3n) is 4.10. The van der Waals surface area contributed by atoms with Gasteiger partial charge in [0.1, 0.15) is 0 Å². The van der Waals surface area contributed by atoms with Crippen molar-refractivity contribution in [2.45, 2.75) is 61.8 Å². The highest BCUT2D eigenvalue weighted by atomic mass is 16.1. The van der Waals surface area contributed by atoms with Crippen LogP contribution in [0.4, 0.5) is 0 Å². The number of hydrogen-bond acceptors (Lipinski definition) is 3. The largest absolute Gasteiger partial charge is 0.326 e. The molecule has 0 unspecified atom stereocenters. The standard InChI is InChI=1S/C24H31N3O.C3H8.2C2H6/c1-6-10-21(8-3)18-23(11-7-2)24(28)26-20(5)12-13-22(9-4)19-27-16-14-25-15-17-27;1-3-2;2*1-2/h7-9,11-13,18,25H,2-4,14-17,19H2,1,5H3,(H,26,28);3H2,1-2H3;2*1-2H3/b20-12+,21-18+,22-13+,23-11+;;;. The van der Waals surface area contributed by atoms with Crippen LogP contribution < -0.4 is 10.6 Å². The van der Waals surface area contributed by atoms with Crippen molar-refractivity contribution in [2.75, 3.05) is 32.7 Å². The van der Waals surface area contributed by atoms with Gasteiger partial charge < -0.3 is 10.6 Å². The van der Waals surface area contributed by atoms with Crippen LogP contribution in [0.3, 0.4) is 0 Å². The first-order valence-corrected chi connectivity index (χ1v) is 12.8. The van der Waals surface area contributed by atoms with Crippen LogP contribution in [0.2, 0.25) is 0 Å². The molecule has 0 aromatic heterocycles. The molecule has 0 aromatic carbocycles. The summed E-state index contributed by atoms with van der Waals surface area (Å²) in [7, 11) is 0. The SMILES string of the molecule is C=C/C=C(\C=C(\C#CC)C=C)C(=O)N/C(C)=C/C=C(\C=C)CN1CCNCC1.CC.CC.CCC. The lowest BCUT2D eigenvalue weighted by Crippen LogP contribution is -2.44. The fourth-order valence-corrected chi connectivity index (χ4v) is 2.61. The number of nitrogens with one attached hydrogen (secondary N) is 2. The van der Waals surface area contributed by atoms with Crippen molar-refractivity contribution in [2.24, 2.45) is 0 Å². The van der Waals surface area contributed by atoms with E-state index in [0.29, 0.717) is 11.1 Å². The summed E-state index contributed by atoms with van der Waals surface area (Å²) < 4.78 is 0. The van der Waals surface area contributed by atoms with Gasteiger partial charge in [-0.25, -0.2) is 0 Å². The number of nitrogens with zero attached hydrogens (tertiary/aromatic N) is 1. The smallest absolute Gasteiger partial charge is 0.255 e. The van der Waals surface area contributed by atoms with Crippen molar-refractivity contribution in [3.63, 3.8) is 0 Å². The molecule has 0 atom stereocenters. The molecule has 4 nitrogen and oxygen atoms in total. The van der Waals surface area contributed by atoms with Gasteiger partial charge in [0.25, 0.3) is 5.91 Å². The Kier molecular flexibility index (Phi) is 28.7. The molecule has 0 radical (unpaired) electrons. The Labute approximate surface area is 217 Å². The number of allylic oxidation sites excluding steroid dienone is 7. The zero-order valence-electron chi connectivity index (χ0n) is 23.8. The minimum atomic E-state index is -0.221. The van der Waals surface area contributed by atoms with Crippen molar-refractivity contribution in [3.05, 3.63) is 84.7 Å². The summed E-state index contributed by atoms with van der Waals surface area (Å²) in [5.41, 5.74) is 3.01. The lowest BCUT2D eigenvalue weighted by molar-refractivity contribution is -0.116. The summed E-state index contributed by atoms with van der Waals surface area (Å²) in [4.78, 5) is 15.0. The van der Waals surface area contributed by atoms with Crippen LogP contribution in [0.1, 0.15) is 61.8 Å². The van der Waals surface area contributed by atoms with E-state index < -0.39 is 0 Å². The fraction of sp³-hybridized carbons (Fsp3) is 0.452. The maximum atomic E-state index is 12.6. The number of piperazine rings is 1. The summed E-state index contributed by atoms with van der Waals surface area (Å²) in [6, 6.07) is 0. The van der Waals surface area contributed by atoms with Gasteiger partial charge in [-0.1, -0.05) is 97.9 Å². The van der Waals surface area contributed by atoms with Gasteiger partial charge in [0.05, 0.1) is 0 Å². The molecule has 0 bridgehead atoms. The Morgan fingerprint density at radius 1 is 1.00 bits per heavy atom. The van der Waals surface area contributed by atoms with Crippen molar-refractivity contribution >= 4 is 5.91 Å². The molecule has 196 valence electrons. The van der Waals surface area contributed by atoms with Gasteiger partial charge in [-0.05, 0) is 37.6 Å². The normalized spacial score (nSPS) is 14.2. The Bertz CT molecular complexity index is 780. The zero-order valence-corrected chi connectivity index (χ0v) is 23.8. The van der Waals surface area contributed by atoms with Gasteiger partial charge in [-0.3, -0.25) is 9.69 Å². The summed E-state index contributed by atoms with van der Waals surface area (Å²) in [6.07, 6.45) is 13.6. The van der Waals surface area contributed by atoms with Crippen molar-refractivity contribution < 1.29 is 4.79 Å². The Hall–Kier alpha value is -2.87. The molecule has 1 heterocycles. The van der Waals surface area contributed by atoms with Crippen molar-refractivity contribution in [1.82, 2.24) is 15.5 Å². The first-order valence-electron chi connectivity index (χ1n) is 12.8. The molecule has 1 aliphatic heterocycles. The molecule has 0 aliphatic carbocycles. The molecular weight excluding hydrogens is 430 g/mol. The van der Waals surface area contributed by atoms with E-state index in [1.807, 2.05) is 52.8 Å². The third kappa shape index (κ3) is 20.2. The van der Waals surface area contributed by atoms with Gasteiger partial charge in [0, 0.05) is 49.6 Å². The van der Waals surface area contributed by atoms with Gasteiger partial charge in [0.15, 0.2) is 0 Å². The average molecular weight is 482 g/mol. The van der Waals surface area contributed by atoms with Gasteiger partial charge in [-0.15, -0.1) is 5.92 Å². The number of carbonyl (C=O) groups is 1. The molecule has 1 fully saturated rings. The molecule has 1 aliphatic rings. The lowest BCUT2D eigenvalue weighted by atomic mass is 10.1. The van der Waals surface area contributed by atoms with E-state index in [9.17, 15) is 4.79 Å². The molecule has 1 rings (SSSR count). The third-order valence-corrected chi connectivity index (χ3v) is 4.10. The number of carbonyl (C=O) groups excluding carboxylic acids is 1. The second-order valence-corrected chi connectivity index (χ2v) is 7.02. The maximum Gasteiger partial charge on any atom is 0.255 e. The molecular formula is C31H51N3O. The first-order chi connectivity index (χ1) is 16.9. The van der Waals surface area contributed by atoms with E-state index in [1.165, 1.54) is 6.42 Å². The van der Waals surface area contributed by atoms with Crippen LogP contribution in [-0.4, -0.2) is 43.5 Å². The van der Waals surface area contributed by atoms with E-state index in [-0.39, 0.29) is 5.91 Å². The Balaban J connectivity index is -0.00000132. The van der Waals surface area contributed by atoms with E-state index in [0.717, 1.165) is 44.0 Å². The van der Waals surface area contributed by atoms with Crippen LogP contribution in [-0.2, 0) is 4.79 Å². The first kappa shape index (κ1) is 36.7. The van der Waals surface area contributed by atoms with E-state index in [1.54, 1.807) is 31.2 Å². The van der Waals surface area contributed by atoms with Gasteiger partial charge >= 0.3 is 0 Å². The highest BCUT2D eigenvalue weighted by molar-refractivity contribution is 5.97. The van der Waals surface area contributed by atoms with Crippen LogP contribution in [0.5, 0.6) is 0 Å². The Morgan fingerprint density at radius 2 is 1.57 bits per heavy atom. The van der Waals surface area contributed by atoms with E-state index in [2.05, 4.69) is 61.0 Å². The van der Waals surface area contributed by atoms with Crippen LogP contribution in [0.15, 0.2) is 84.7 Å². The predicted molar refractivity (Wildman–Crippen MR) is 158 cm³/mol. The minimum Gasteiger partial charge on any atom is -0.326 e. The summed E-state index contributed by atoms with van der Waals surface area (Å²) in [6.45, 7) is 32.1. The van der Waals surface area contributed by atoms with Gasteiger partial charge in [0.2, 0.25) is 0 Å². The molecule has 35 heavy (non-hydrogen) atoms. The summed E-state index contributed by atoms with van der Waals surface area (Å²) in [5, 5.41) is 6.24. The number of hydrogen-bond donors (Lipinski definition) is 2. The second kappa shape index (κ2) is 27.4. The topological polar surface area (TPSA) is 44.4 Å². The van der Waals surface area contributed by atoms with Crippen LogP contribution in [0.25, 0.3) is 0 Å². The zero-order chi connectivity index (χ0) is 27.5. The molecule has 0 spiro atoms. The molecule has 0 saturated carbocycles. The molecule has 0 aromatic rings. The second-order valence-electron chi connectivity index (χ2n) is 7.02. The molecule has 1 amide bonds. The monoisotopic (exact) mass is 481 g/mol. The van der Waals surface area contributed by atoms with E-state index >= 15 is 0 Å². The quantitative estimate of drug-likeness (QED) is 0.218. The van der Waals surface area contributed by atoms with Crippen LogP contribution >= 0.6 is 0 Å². The predicted octanol–water partition coefficient (Wildman–Crippen LogP) is 6.74. The summed E-state index contributed by atoms with van der Waals surface area (Å²) in [5.74, 6) is 5.50. The Morgan fingerprint density at radius 3 is 2.03 bits per heavy atom. The number of rotatable bonds is 9. The molecule has 2 N–H and O–H groups in total. The summed E-state index contributed by atoms with van der Waals surface area (Å²) >= 11 is 0. The van der Waals surface area contributed by atoms with Crippen LogP contribution in [0, 0.1) is 11.8 Å². The van der Waals surface area contributed by atoms with E-state index in [4.69, 9.17) is 0 Å². The van der Waals surface area contributed by atoms with Crippen molar-refractivity contribution in [3.8, 4) is 11.8 Å². The fourth-order valence-electron chi connectivity index (χ4n) is 2.61. The average Bonchev–Trinajstić information content (AvgIpc) is 2.89. The number of amides is 1. The highest BCUT2D eigenvalue weighted by Crippen LogP contribution is 2.07.